The highest BCUT2D eigenvalue weighted by Crippen LogP contribution is 2.20. The van der Waals surface area contributed by atoms with E-state index in [-0.39, 0.29) is 5.91 Å². The van der Waals surface area contributed by atoms with Gasteiger partial charge in [-0.2, -0.15) is 0 Å². The van der Waals surface area contributed by atoms with E-state index in [1.54, 1.807) is 18.3 Å². The molecule has 0 radical (unpaired) electrons. The number of nitrogens with one attached hydrogen (secondary N) is 2. The summed E-state index contributed by atoms with van der Waals surface area (Å²) in [7, 11) is 0. The molecule has 6 nitrogen and oxygen atoms in total. The van der Waals surface area contributed by atoms with Crippen LogP contribution in [0.15, 0.2) is 85.1 Å². The maximum atomic E-state index is 12.4. The van der Waals surface area contributed by atoms with Crippen molar-refractivity contribution in [1.29, 1.82) is 0 Å². The largest absolute Gasteiger partial charge is 0.492 e. The second-order valence-corrected chi connectivity index (χ2v) is 6.36. The zero-order valence-electron chi connectivity index (χ0n) is 15.7. The van der Waals surface area contributed by atoms with Crippen LogP contribution in [0, 0.1) is 0 Å². The van der Waals surface area contributed by atoms with Crippen LogP contribution in [0.2, 0.25) is 0 Å². The fourth-order valence-corrected chi connectivity index (χ4v) is 2.87. The number of amides is 1. The molecule has 0 spiro atoms. The van der Waals surface area contributed by atoms with Gasteiger partial charge in [-0.05, 0) is 48.5 Å². The number of hydrogen-bond acceptors (Lipinski definition) is 5. The van der Waals surface area contributed by atoms with E-state index in [1.807, 2.05) is 66.7 Å². The van der Waals surface area contributed by atoms with E-state index in [2.05, 4.69) is 20.6 Å². The maximum absolute atomic E-state index is 12.4. The zero-order valence-corrected chi connectivity index (χ0v) is 15.7. The third-order valence-corrected chi connectivity index (χ3v) is 4.26. The van der Waals surface area contributed by atoms with Crippen LogP contribution in [0.25, 0.3) is 10.9 Å². The Bertz CT molecular complexity index is 1120. The lowest BCUT2D eigenvalue weighted by molar-refractivity contribution is 0.0942. The molecule has 2 aromatic carbocycles. The summed E-state index contributed by atoms with van der Waals surface area (Å²) in [4.78, 5) is 21.1. The number of rotatable bonds is 7. The number of carbonyl (C=O) groups is 1. The molecule has 0 fully saturated rings. The number of nitrogens with zero attached hydrogens (tertiary/aromatic N) is 2. The van der Waals surface area contributed by atoms with Crippen molar-refractivity contribution < 1.29 is 9.53 Å². The minimum Gasteiger partial charge on any atom is -0.492 e. The quantitative estimate of drug-likeness (QED) is 0.468. The van der Waals surface area contributed by atoms with Crippen molar-refractivity contribution in [2.45, 2.75) is 0 Å². The SMILES string of the molecule is O=C(NCCOc1ccccc1)c1cccc(Nc2ccc3ncccc3c2)n1. The van der Waals surface area contributed by atoms with Gasteiger partial charge in [-0.25, -0.2) is 4.98 Å². The molecule has 0 unspecified atom stereocenters. The summed E-state index contributed by atoms with van der Waals surface area (Å²) < 4.78 is 5.58. The molecule has 2 heterocycles. The van der Waals surface area contributed by atoms with E-state index < -0.39 is 0 Å². The van der Waals surface area contributed by atoms with E-state index in [9.17, 15) is 4.79 Å². The molecule has 0 bridgehead atoms. The van der Waals surface area contributed by atoms with Crippen molar-refractivity contribution in [3.8, 4) is 5.75 Å². The fraction of sp³-hybridized carbons (Fsp3) is 0.0870. The molecule has 0 saturated heterocycles. The lowest BCUT2D eigenvalue weighted by Crippen LogP contribution is -2.28. The summed E-state index contributed by atoms with van der Waals surface area (Å²) >= 11 is 0. The molecule has 0 saturated carbocycles. The molecule has 29 heavy (non-hydrogen) atoms. The molecule has 1 amide bonds. The number of pyridine rings is 2. The third-order valence-electron chi connectivity index (χ3n) is 4.26. The predicted octanol–water partition coefficient (Wildman–Crippen LogP) is 4.18. The molecule has 0 atom stereocenters. The van der Waals surface area contributed by atoms with E-state index in [0.717, 1.165) is 22.3 Å². The second-order valence-electron chi connectivity index (χ2n) is 6.36. The highest BCUT2D eigenvalue weighted by molar-refractivity contribution is 5.92. The number of hydrogen-bond donors (Lipinski definition) is 2. The summed E-state index contributed by atoms with van der Waals surface area (Å²) in [5.41, 5.74) is 2.15. The molecular weight excluding hydrogens is 364 g/mol. The first-order valence-electron chi connectivity index (χ1n) is 9.33. The van der Waals surface area contributed by atoms with Crippen LogP contribution < -0.4 is 15.4 Å². The Morgan fingerprint density at radius 1 is 0.931 bits per heavy atom. The maximum Gasteiger partial charge on any atom is 0.270 e. The van der Waals surface area contributed by atoms with Crippen LogP contribution >= 0.6 is 0 Å². The van der Waals surface area contributed by atoms with Gasteiger partial charge >= 0.3 is 0 Å². The number of ether oxygens (including phenoxy) is 1. The topological polar surface area (TPSA) is 76.1 Å². The van der Waals surface area contributed by atoms with Crippen molar-refractivity contribution in [2.24, 2.45) is 0 Å². The van der Waals surface area contributed by atoms with Crippen LogP contribution in [-0.2, 0) is 0 Å². The zero-order chi connectivity index (χ0) is 19.9. The van der Waals surface area contributed by atoms with Crippen molar-refractivity contribution in [3.05, 3.63) is 90.8 Å². The first kappa shape index (κ1) is 18.4. The van der Waals surface area contributed by atoms with Crippen molar-refractivity contribution in [3.63, 3.8) is 0 Å². The van der Waals surface area contributed by atoms with Gasteiger partial charge in [0.25, 0.3) is 5.91 Å². The van der Waals surface area contributed by atoms with Gasteiger partial charge in [0.2, 0.25) is 0 Å². The Hall–Kier alpha value is -3.93. The second kappa shape index (κ2) is 8.84. The van der Waals surface area contributed by atoms with Gasteiger partial charge in [0.05, 0.1) is 12.1 Å². The number of anilines is 2. The summed E-state index contributed by atoms with van der Waals surface area (Å²) in [6, 6.07) is 24.6. The van der Waals surface area contributed by atoms with Crippen LogP contribution in [0.5, 0.6) is 5.75 Å². The van der Waals surface area contributed by atoms with Crippen molar-refractivity contribution in [1.82, 2.24) is 15.3 Å². The first-order valence-corrected chi connectivity index (χ1v) is 9.33. The summed E-state index contributed by atoms with van der Waals surface area (Å²) in [6.45, 7) is 0.781. The van der Waals surface area contributed by atoms with Gasteiger partial charge < -0.3 is 15.4 Å². The minimum atomic E-state index is -0.243. The molecule has 6 heteroatoms. The Labute approximate surface area is 168 Å². The molecule has 4 rings (SSSR count). The third kappa shape index (κ3) is 4.87. The van der Waals surface area contributed by atoms with Crippen LogP contribution in [0.3, 0.4) is 0 Å². The van der Waals surface area contributed by atoms with Gasteiger partial charge in [-0.3, -0.25) is 9.78 Å². The molecule has 144 valence electrons. The monoisotopic (exact) mass is 384 g/mol. The van der Waals surface area contributed by atoms with E-state index in [1.165, 1.54) is 0 Å². The lowest BCUT2D eigenvalue weighted by Gasteiger charge is -2.09. The Kier molecular flexibility index (Phi) is 5.62. The lowest BCUT2D eigenvalue weighted by atomic mass is 10.2. The average molecular weight is 384 g/mol. The Morgan fingerprint density at radius 2 is 1.83 bits per heavy atom. The summed E-state index contributed by atoms with van der Waals surface area (Å²) in [6.07, 6.45) is 1.77. The van der Waals surface area contributed by atoms with Crippen LogP contribution in [0.4, 0.5) is 11.5 Å². The standard InChI is InChI=1S/C23H20N4O2/c28-23(25-14-15-29-19-7-2-1-3-8-19)21-9-4-10-22(27-21)26-18-11-12-20-17(16-18)6-5-13-24-20/h1-13,16H,14-15H2,(H,25,28)(H,26,27). The number of aromatic nitrogens is 2. The van der Waals surface area contributed by atoms with Gasteiger partial charge in [-0.1, -0.05) is 30.3 Å². The Morgan fingerprint density at radius 3 is 2.72 bits per heavy atom. The average Bonchev–Trinajstić information content (AvgIpc) is 2.77. The highest BCUT2D eigenvalue weighted by Gasteiger charge is 2.08. The summed E-state index contributed by atoms with van der Waals surface area (Å²) in [5, 5.41) is 7.09. The predicted molar refractivity (Wildman–Crippen MR) is 114 cm³/mol. The van der Waals surface area contributed by atoms with Crippen molar-refractivity contribution in [2.75, 3.05) is 18.5 Å². The molecule has 2 aromatic heterocycles. The van der Waals surface area contributed by atoms with Gasteiger partial charge in [0, 0.05) is 17.3 Å². The molecular formula is C23H20N4O2. The van der Waals surface area contributed by atoms with E-state index in [4.69, 9.17) is 4.74 Å². The van der Waals surface area contributed by atoms with Crippen molar-refractivity contribution >= 4 is 28.3 Å². The summed E-state index contributed by atoms with van der Waals surface area (Å²) in [5.74, 6) is 1.13. The fourth-order valence-electron chi connectivity index (χ4n) is 2.87. The van der Waals surface area contributed by atoms with Crippen LogP contribution in [0.1, 0.15) is 10.5 Å². The van der Waals surface area contributed by atoms with E-state index in [0.29, 0.717) is 24.7 Å². The number of benzene rings is 2. The highest BCUT2D eigenvalue weighted by atomic mass is 16.5. The smallest absolute Gasteiger partial charge is 0.270 e. The van der Waals surface area contributed by atoms with Gasteiger partial charge in [0.15, 0.2) is 0 Å². The normalized spacial score (nSPS) is 10.5. The molecule has 0 aliphatic heterocycles. The molecule has 0 aliphatic carbocycles. The molecule has 0 aliphatic rings. The Balaban J connectivity index is 1.35. The molecule has 2 N–H and O–H groups in total. The number of fused-ring (bicyclic) bond motifs is 1. The minimum absolute atomic E-state index is 0.243. The number of para-hydroxylation sites is 1. The van der Waals surface area contributed by atoms with Gasteiger partial charge in [-0.15, -0.1) is 0 Å². The van der Waals surface area contributed by atoms with E-state index >= 15 is 0 Å². The molecule has 4 aromatic rings. The first-order chi connectivity index (χ1) is 14.3. The number of carbonyl (C=O) groups excluding carboxylic acids is 1. The van der Waals surface area contributed by atoms with Gasteiger partial charge in [0.1, 0.15) is 23.9 Å². The van der Waals surface area contributed by atoms with Crippen LogP contribution in [-0.4, -0.2) is 29.0 Å².